The Morgan fingerprint density at radius 2 is 1.69 bits per heavy atom. The minimum Gasteiger partial charge on any atom is -0.343 e. The third-order valence-corrected chi connectivity index (χ3v) is 5.17. The van der Waals surface area contributed by atoms with Gasteiger partial charge in [-0.1, -0.05) is 19.9 Å². The molecular weight excluding hydrogens is 366 g/mol. The summed E-state index contributed by atoms with van der Waals surface area (Å²) in [4.78, 5) is 40.9. The summed E-state index contributed by atoms with van der Waals surface area (Å²) in [5.74, 6) is 0.0202. The molecule has 1 aliphatic heterocycles. The van der Waals surface area contributed by atoms with Crippen molar-refractivity contribution in [2.75, 3.05) is 31.5 Å². The van der Waals surface area contributed by atoms with Gasteiger partial charge in [-0.15, -0.1) is 0 Å². The first kappa shape index (κ1) is 22.9. The fraction of sp³-hybridized carbons (Fsp3) is 0.609. The molecule has 0 aromatic heterocycles. The Morgan fingerprint density at radius 3 is 2.34 bits per heavy atom. The zero-order valence-electron chi connectivity index (χ0n) is 17.9. The Hall–Kier alpha value is -2.37. The maximum atomic E-state index is 12.6. The molecule has 160 valence electrons. The molecular formula is C23H35N3O3. The number of hydrogen-bond donors (Lipinski definition) is 1. The number of nitrogens with one attached hydrogen (secondary N) is 1. The molecule has 1 N–H and O–H groups in total. The number of carbonyl (C=O) groups excluding carboxylic acids is 3. The quantitative estimate of drug-likeness (QED) is 0.642. The number of nitrogens with zero attached hydrogens (tertiary/aromatic N) is 2. The zero-order valence-corrected chi connectivity index (χ0v) is 17.9. The highest BCUT2D eigenvalue weighted by molar-refractivity contribution is 5.97. The third-order valence-electron chi connectivity index (χ3n) is 5.17. The van der Waals surface area contributed by atoms with E-state index in [1.807, 2.05) is 9.80 Å². The smallest absolute Gasteiger partial charge is 0.253 e. The van der Waals surface area contributed by atoms with Crippen LogP contribution in [0, 0.1) is 0 Å². The number of anilines is 1. The molecule has 0 atom stereocenters. The van der Waals surface area contributed by atoms with E-state index in [1.54, 1.807) is 24.3 Å². The Balaban J connectivity index is 1.81. The second-order valence-electron chi connectivity index (χ2n) is 7.72. The van der Waals surface area contributed by atoms with E-state index in [4.69, 9.17) is 0 Å². The van der Waals surface area contributed by atoms with Gasteiger partial charge in [-0.2, -0.15) is 0 Å². The summed E-state index contributed by atoms with van der Waals surface area (Å²) in [6.45, 7) is 7.28. The minimum atomic E-state index is -0.127. The molecule has 1 fully saturated rings. The van der Waals surface area contributed by atoms with Gasteiger partial charge in [0.1, 0.15) is 0 Å². The van der Waals surface area contributed by atoms with Crippen LogP contribution in [-0.2, 0) is 9.59 Å². The Labute approximate surface area is 174 Å². The fourth-order valence-electron chi connectivity index (χ4n) is 3.69. The molecule has 0 unspecified atom stereocenters. The van der Waals surface area contributed by atoms with Crippen molar-refractivity contribution in [3.05, 3.63) is 29.8 Å². The van der Waals surface area contributed by atoms with Gasteiger partial charge in [-0.25, -0.2) is 0 Å². The van der Waals surface area contributed by atoms with Crippen LogP contribution in [0.3, 0.4) is 0 Å². The molecule has 6 nitrogen and oxygen atoms in total. The maximum Gasteiger partial charge on any atom is 0.253 e. The van der Waals surface area contributed by atoms with Crippen LogP contribution in [0.4, 0.5) is 5.69 Å². The molecule has 0 bridgehead atoms. The van der Waals surface area contributed by atoms with E-state index < -0.39 is 0 Å². The Bertz CT molecular complexity index is 678. The van der Waals surface area contributed by atoms with E-state index in [-0.39, 0.29) is 17.7 Å². The number of piperidine rings is 1. The number of benzene rings is 1. The molecule has 6 heteroatoms. The second kappa shape index (κ2) is 12.2. The lowest BCUT2D eigenvalue weighted by atomic mass is 10.1. The summed E-state index contributed by atoms with van der Waals surface area (Å²) < 4.78 is 0. The molecule has 3 amide bonds. The standard InChI is InChI=1S/C23H35N3O3/c1-3-14-25(15-4-2)22(28)13-9-12-21(27)24-20-11-8-10-19(18-20)23(29)26-16-6-5-7-17-26/h8,10-11,18H,3-7,9,12-17H2,1-2H3,(H,24,27). The molecule has 0 spiro atoms. The van der Waals surface area contributed by atoms with Crippen molar-refractivity contribution >= 4 is 23.4 Å². The van der Waals surface area contributed by atoms with Gasteiger partial charge in [0.05, 0.1) is 0 Å². The SMILES string of the molecule is CCCN(CCC)C(=O)CCCC(=O)Nc1cccc(C(=O)N2CCCCC2)c1. The van der Waals surface area contributed by atoms with Crippen LogP contribution < -0.4 is 5.32 Å². The van der Waals surface area contributed by atoms with Gasteiger partial charge in [0.2, 0.25) is 11.8 Å². The highest BCUT2D eigenvalue weighted by Gasteiger charge is 2.18. The van der Waals surface area contributed by atoms with E-state index in [0.717, 1.165) is 51.9 Å². The summed E-state index contributed by atoms with van der Waals surface area (Å²) in [7, 11) is 0. The van der Waals surface area contributed by atoms with Crippen LogP contribution in [0.5, 0.6) is 0 Å². The highest BCUT2D eigenvalue weighted by Crippen LogP contribution is 2.17. The molecule has 1 aliphatic rings. The average molecular weight is 402 g/mol. The molecule has 2 rings (SSSR count). The monoisotopic (exact) mass is 401 g/mol. The first-order valence-corrected chi connectivity index (χ1v) is 11.0. The van der Waals surface area contributed by atoms with Gasteiger partial charge in [0, 0.05) is 50.3 Å². The molecule has 0 radical (unpaired) electrons. The number of amides is 3. The predicted molar refractivity (Wildman–Crippen MR) is 116 cm³/mol. The van der Waals surface area contributed by atoms with Gasteiger partial charge in [-0.3, -0.25) is 14.4 Å². The lowest BCUT2D eigenvalue weighted by molar-refractivity contribution is -0.131. The van der Waals surface area contributed by atoms with Crippen LogP contribution in [0.2, 0.25) is 0 Å². The summed E-state index contributed by atoms with van der Waals surface area (Å²) in [5.41, 5.74) is 1.23. The van der Waals surface area contributed by atoms with Crippen molar-refractivity contribution in [1.29, 1.82) is 0 Å². The van der Waals surface area contributed by atoms with Crippen LogP contribution in [0.1, 0.15) is 75.6 Å². The number of carbonyl (C=O) groups is 3. The molecule has 1 aromatic rings. The summed E-state index contributed by atoms with van der Waals surface area (Å²) >= 11 is 0. The van der Waals surface area contributed by atoms with E-state index in [0.29, 0.717) is 30.5 Å². The molecule has 29 heavy (non-hydrogen) atoms. The lowest BCUT2D eigenvalue weighted by Crippen LogP contribution is -2.35. The van der Waals surface area contributed by atoms with Gasteiger partial charge in [0.15, 0.2) is 0 Å². The van der Waals surface area contributed by atoms with E-state index in [2.05, 4.69) is 19.2 Å². The van der Waals surface area contributed by atoms with Gasteiger partial charge in [-0.05, 0) is 56.7 Å². The molecule has 1 saturated heterocycles. The van der Waals surface area contributed by atoms with E-state index in [1.165, 1.54) is 6.42 Å². The van der Waals surface area contributed by atoms with Crippen LogP contribution in [-0.4, -0.2) is 53.7 Å². The zero-order chi connectivity index (χ0) is 21.1. The average Bonchev–Trinajstić information content (AvgIpc) is 2.73. The third kappa shape index (κ3) is 7.52. The summed E-state index contributed by atoms with van der Waals surface area (Å²) in [6.07, 6.45) is 6.38. The Morgan fingerprint density at radius 1 is 1.00 bits per heavy atom. The summed E-state index contributed by atoms with van der Waals surface area (Å²) in [5, 5.41) is 2.86. The van der Waals surface area contributed by atoms with Crippen LogP contribution in [0.15, 0.2) is 24.3 Å². The van der Waals surface area contributed by atoms with Gasteiger partial charge >= 0.3 is 0 Å². The van der Waals surface area contributed by atoms with E-state index in [9.17, 15) is 14.4 Å². The van der Waals surface area contributed by atoms with Crippen LogP contribution in [0.25, 0.3) is 0 Å². The lowest BCUT2D eigenvalue weighted by Gasteiger charge is -2.26. The van der Waals surface area contributed by atoms with Crippen LogP contribution >= 0.6 is 0 Å². The number of rotatable bonds is 10. The minimum absolute atomic E-state index is 0.0262. The van der Waals surface area contributed by atoms with Crippen molar-refractivity contribution < 1.29 is 14.4 Å². The molecule has 0 saturated carbocycles. The highest BCUT2D eigenvalue weighted by atomic mass is 16.2. The number of hydrogen-bond acceptors (Lipinski definition) is 3. The summed E-state index contributed by atoms with van der Waals surface area (Å²) in [6, 6.07) is 7.12. The second-order valence-corrected chi connectivity index (χ2v) is 7.72. The fourth-order valence-corrected chi connectivity index (χ4v) is 3.69. The largest absolute Gasteiger partial charge is 0.343 e. The van der Waals surface area contributed by atoms with Crippen molar-refractivity contribution in [2.24, 2.45) is 0 Å². The Kier molecular flexibility index (Phi) is 9.68. The topological polar surface area (TPSA) is 69.7 Å². The van der Waals surface area contributed by atoms with Crippen molar-refractivity contribution in [1.82, 2.24) is 9.80 Å². The van der Waals surface area contributed by atoms with Crippen molar-refractivity contribution in [2.45, 2.75) is 65.2 Å². The van der Waals surface area contributed by atoms with Crippen molar-refractivity contribution in [3.63, 3.8) is 0 Å². The first-order valence-electron chi connectivity index (χ1n) is 11.0. The number of likely N-dealkylation sites (tertiary alicyclic amines) is 1. The van der Waals surface area contributed by atoms with Gasteiger partial charge < -0.3 is 15.1 Å². The molecule has 0 aliphatic carbocycles. The molecule has 1 heterocycles. The maximum absolute atomic E-state index is 12.6. The van der Waals surface area contributed by atoms with Gasteiger partial charge in [0.25, 0.3) is 5.91 Å². The van der Waals surface area contributed by atoms with E-state index >= 15 is 0 Å². The normalized spacial score (nSPS) is 13.8. The molecule has 1 aromatic carbocycles. The first-order chi connectivity index (χ1) is 14.0. The predicted octanol–water partition coefficient (Wildman–Crippen LogP) is 4.07. The van der Waals surface area contributed by atoms with Crippen molar-refractivity contribution in [3.8, 4) is 0 Å².